The van der Waals surface area contributed by atoms with E-state index in [2.05, 4.69) is 4.98 Å². The molecule has 9 nitrogen and oxygen atoms in total. The Hall–Kier alpha value is -3.88. The predicted molar refractivity (Wildman–Crippen MR) is 107 cm³/mol. The number of benzene rings is 1. The molecule has 1 N–H and O–H groups in total. The normalized spacial score (nSPS) is 19.3. The van der Waals surface area contributed by atoms with Gasteiger partial charge in [0.25, 0.3) is 0 Å². The second kappa shape index (κ2) is 6.83. The maximum Gasteiger partial charge on any atom is 0.336 e. The molecule has 1 aromatic carbocycles. The van der Waals surface area contributed by atoms with Crippen LogP contribution in [-0.4, -0.2) is 37.3 Å². The fourth-order valence-corrected chi connectivity index (χ4v) is 4.38. The zero-order valence-corrected chi connectivity index (χ0v) is 16.9. The summed E-state index contributed by atoms with van der Waals surface area (Å²) in [6.07, 6.45) is 5.04. The lowest BCUT2D eigenvalue weighted by molar-refractivity contribution is -0.133. The van der Waals surface area contributed by atoms with Crippen LogP contribution in [0.4, 0.5) is 0 Å². The third-order valence-electron chi connectivity index (χ3n) is 6.01. The molecule has 1 atom stereocenters. The zero-order valence-electron chi connectivity index (χ0n) is 16.9. The Morgan fingerprint density at radius 1 is 1.13 bits per heavy atom. The van der Waals surface area contributed by atoms with Gasteiger partial charge in [-0.1, -0.05) is 0 Å². The van der Waals surface area contributed by atoms with Crippen LogP contribution in [0.5, 0.6) is 11.5 Å². The summed E-state index contributed by atoms with van der Waals surface area (Å²) < 4.78 is 13.4. The summed E-state index contributed by atoms with van der Waals surface area (Å²) >= 11 is 0. The molecule has 0 fully saturated rings. The van der Waals surface area contributed by atoms with Crippen LogP contribution in [0.2, 0.25) is 0 Å². The molecule has 2 aliphatic rings. The number of hydrogen-bond acceptors (Lipinski definition) is 7. The molecule has 0 saturated heterocycles. The molecule has 31 heavy (non-hydrogen) atoms. The first-order valence-corrected chi connectivity index (χ1v) is 9.90. The fraction of sp³-hybridized carbons (Fsp3) is 0.273. The van der Waals surface area contributed by atoms with Crippen molar-refractivity contribution in [3.05, 3.63) is 53.3 Å². The van der Waals surface area contributed by atoms with Gasteiger partial charge < -0.3 is 14.7 Å². The summed E-state index contributed by atoms with van der Waals surface area (Å²) in [5, 5.41) is 10.3. The second-order valence-corrected chi connectivity index (χ2v) is 7.77. The number of esters is 2. The summed E-state index contributed by atoms with van der Waals surface area (Å²) in [6, 6.07) is 3.23. The third-order valence-corrected chi connectivity index (χ3v) is 6.01. The van der Waals surface area contributed by atoms with E-state index in [4.69, 9.17) is 9.47 Å². The Morgan fingerprint density at radius 3 is 2.58 bits per heavy atom. The summed E-state index contributed by atoms with van der Waals surface area (Å²) in [6.45, 7) is 3.61. The largest absolute Gasteiger partial charge is 0.427 e. The number of rotatable bonds is 2. The maximum atomic E-state index is 13.4. The molecule has 0 bridgehead atoms. The number of carbonyl (C=O) groups is 3. The maximum absolute atomic E-state index is 13.4. The van der Waals surface area contributed by atoms with E-state index in [1.54, 1.807) is 17.6 Å². The van der Waals surface area contributed by atoms with E-state index in [0.717, 1.165) is 28.1 Å². The minimum Gasteiger partial charge on any atom is -0.427 e. The zero-order chi connectivity index (χ0) is 21.9. The highest BCUT2D eigenvalue weighted by Gasteiger charge is 2.34. The highest BCUT2D eigenvalue weighted by molar-refractivity contribution is 6.04. The van der Waals surface area contributed by atoms with Gasteiger partial charge in [0.1, 0.15) is 6.33 Å². The Labute approximate surface area is 176 Å². The van der Waals surface area contributed by atoms with Crippen LogP contribution in [0.15, 0.2) is 30.6 Å². The van der Waals surface area contributed by atoms with Gasteiger partial charge in [-0.15, -0.1) is 0 Å². The van der Waals surface area contributed by atoms with Gasteiger partial charge in [-0.05, 0) is 44.4 Å². The summed E-state index contributed by atoms with van der Waals surface area (Å²) in [7, 11) is 0. The third kappa shape index (κ3) is 2.92. The van der Waals surface area contributed by atoms with Gasteiger partial charge in [-0.2, -0.15) is 4.73 Å². The van der Waals surface area contributed by atoms with Crippen molar-refractivity contribution in [1.29, 1.82) is 0 Å². The van der Waals surface area contributed by atoms with Gasteiger partial charge >= 0.3 is 11.9 Å². The Balaban J connectivity index is 1.61. The van der Waals surface area contributed by atoms with Crippen LogP contribution in [0.1, 0.15) is 33.9 Å². The number of fused-ring (bicyclic) bond motifs is 5. The average molecular weight is 421 g/mol. The topological polar surface area (TPSA) is 113 Å². The second-order valence-electron chi connectivity index (χ2n) is 7.77. The van der Waals surface area contributed by atoms with Gasteiger partial charge in [-0.25, -0.2) is 14.6 Å². The van der Waals surface area contributed by atoms with Gasteiger partial charge in [0, 0.05) is 30.2 Å². The molecule has 158 valence electrons. The summed E-state index contributed by atoms with van der Waals surface area (Å²) in [5.41, 5.74) is 3.53. The molecule has 2 aliphatic heterocycles. The lowest BCUT2D eigenvalue weighted by atomic mass is 9.91. The van der Waals surface area contributed by atoms with Crippen molar-refractivity contribution < 1.29 is 29.1 Å². The van der Waals surface area contributed by atoms with Crippen molar-refractivity contribution in [3.8, 4) is 11.5 Å². The number of carbonyl (C=O) groups excluding carboxylic acids is 3. The van der Waals surface area contributed by atoms with Crippen molar-refractivity contribution in [2.75, 3.05) is 0 Å². The van der Waals surface area contributed by atoms with Crippen LogP contribution >= 0.6 is 0 Å². The van der Waals surface area contributed by atoms with Crippen molar-refractivity contribution in [2.24, 2.45) is 5.92 Å². The number of aryl methyl sites for hydroxylation is 1. The van der Waals surface area contributed by atoms with E-state index < -0.39 is 11.9 Å². The highest BCUT2D eigenvalue weighted by Crippen LogP contribution is 2.43. The van der Waals surface area contributed by atoms with Gasteiger partial charge in [0.05, 0.1) is 22.3 Å². The molecule has 5 rings (SSSR count). The fourth-order valence-electron chi connectivity index (χ4n) is 4.38. The smallest absolute Gasteiger partial charge is 0.336 e. The summed E-state index contributed by atoms with van der Waals surface area (Å²) in [5.74, 6) is -1.48. The predicted octanol–water partition coefficient (Wildman–Crippen LogP) is 2.52. The molecular formula is C22H19N3O6. The molecule has 4 heterocycles. The number of ether oxygens (including phenoxy) is 2. The van der Waals surface area contributed by atoms with E-state index in [0.29, 0.717) is 41.6 Å². The SMILES string of the molecule is Cc1c2n(c3ccc4c(c13)OC(=O)/C=C\C(=O)O4)C(=O)C(Cc1ncn(O)c1C)CC2. The molecule has 0 radical (unpaired) electrons. The van der Waals surface area contributed by atoms with Gasteiger partial charge in [0.2, 0.25) is 5.91 Å². The van der Waals surface area contributed by atoms with E-state index >= 15 is 0 Å². The number of aromatic nitrogens is 3. The Kier molecular flexibility index (Phi) is 4.21. The van der Waals surface area contributed by atoms with E-state index in [-0.39, 0.29) is 23.3 Å². The molecule has 9 heteroatoms. The first-order valence-electron chi connectivity index (χ1n) is 9.90. The lowest BCUT2D eigenvalue weighted by Gasteiger charge is -2.24. The molecule has 3 aromatic rings. The van der Waals surface area contributed by atoms with E-state index in [9.17, 15) is 19.6 Å². The van der Waals surface area contributed by atoms with Gasteiger partial charge in [0.15, 0.2) is 11.5 Å². The molecule has 0 saturated carbocycles. The quantitative estimate of drug-likeness (QED) is 0.384. The molecular weight excluding hydrogens is 402 g/mol. The van der Waals surface area contributed by atoms with Crippen LogP contribution < -0.4 is 9.47 Å². The van der Waals surface area contributed by atoms with Crippen molar-refractivity contribution in [2.45, 2.75) is 33.1 Å². The number of nitrogens with zero attached hydrogens (tertiary/aromatic N) is 3. The average Bonchev–Trinajstić information content (AvgIpc) is 3.21. The first-order chi connectivity index (χ1) is 14.8. The van der Waals surface area contributed by atoms with Crippen LogP contribution in [0.3, 0.4) is 0 Å². The van der Waals surface area contributed by atoms with E-state index in [1.165, 1.54) is 12.4 Å². The molecule has 2 aromatic heterocycles. The number of imidazole rings is 1. The van der Waals surface area contributed by atoms with Crippen molar-refractivity contribution >= 4 is 28.7 Å². The monoisotopic (exact) mass is 421 g/mol. The molecule has 1 unspecified atom stereocenters. The number of hydrogen-bond donors (Lipinski definition) is 1. The Morgan fingerprint density at radius 2 is 1.87 bits per heavy atom. The van der Waals surface area contributed by atoms with Crippen molar-refractivity contribution in [3.63, 3.8) is 0 Å². The standard InChI is InChI=1S/C22H19N3O6/c1-11-15-4-3-13(9-14-12(2)24(29)10-23-14)22(28)25(15)16-5-6-17-21(20(11)16)31-19(27)8-7-18(26)30-17/h5-8,10,13,29H,3-4,9H2,1-2H3/b8-7-. The Bertz CT molecular complexity index is 1310. The first kappa shape index (κ1) is 19.1. The van der Waals surface area contributed by atoms with Crippen LogP contribution in [0.25, 0.3) is 10.9 Å². The van der Waals surface area contributed by atoms with Crippen LogP contribution in [-0.2, 0) is 22.4 Å². The highest BCUT2D eigenvalue weighted by atomic mass is 16.6. The summed E-state index contributed by atoms with van der Waals surface area (Å²) in [4.78, 5) is 41.6. The van der Waals surface area contributed by atoms with E-state index in [1.807, 2.05) is 6.92 Å². The minimum absolute atomic E-state index is 0.0831. The van der Waals surface area contributed by atoms with Gasteiger partial charge in [-0.3, -0.25) is 9.36 Å². The van der Waals surface area contributed by atoms with Crippen LogP contribution in [0, 0.1) is 19.8 Å². The molecule has 0 spiro atoms. The van der Waals surface area contributed by atoms with Crippen molar-refractivity contribution in [1.82, 2.24) is 14.3 Å². The molecule has 0 aliphatic carbocycles. The minimum atomic E-state index is -0.687. The molecule has 0 amide bonds. The lowest BCUT2D eigenvalue weighted by Crippen LogP contribution is -2.30.